The van der Waals surface area contributed by atoms with E-state index in [0.29, 0.717) is 19.4 Å². The number of nitrogens with zero attached hydrogens (tertiary/aromatic N) is 4. The van der Waals surface area contributed by atoms with Crippen LogP contribution in [0.5, 0.6) is 0 Å². The molecule has 0 radical (unpaired) electrons. The minimum absolute atomic E-state index is 0.144. The molecular formula is C19H21BrN4O4. The molecule has 8 nitrogen and oxygen atoms in total. The second kappa shape index (κ2) is 9.54. The van der Waals surface area contributed by atoms with Gasteiger partial charge in [0.1, 0.15) is 0 Å². The third-order valence-electron chi connectivity index (χ3n) is 5.33. The fraction of sp³-hybridized carbons (Fsp3) is 0.684. The molecule has 2 aliphatic carbocycles. The van der Waals surface area contributed by atoms with Crippen molar-refractivity contribution in [1.29, 1.82) is 21.0 Å². The number of nitriles is 4. The lowest BCUT2D eigenvalue weighted by Crippen LogP contribution is -2.27. The van der Waals surface area contributed by atoms with Crippen LogP contribution < -0.4 is 0 Å². The van der Waals surface area contributed by atoms with Crippen molar-refractivity contribution in [3.05, 3.63) is 0 Å². The van der Waals surface area contributed by atoms with Crippen molar-refractivity contribution >= 4 is 27.9 Å². The summed E-state index contributed by atoms with van der Waals surface area (Å²) in [6.07, 6.45) is 3.84. The Kier molecular flexibility index (Phi) is 7.98. The predicted molar refractivity (Wildman–Crippen MR) is 98.8 cm³/mol. The zero-order valence-corrected chi connectivity index (χ0v) is 17.4. The molecular weight excluding hydrogens is 428 g/mol. The van der Waals surface area contributed by atoms with E-state index < -0.39 is 33.0 Å². The molecule has 0 heterocycles. The van der Waals surface area contributed by atoms with Gasteiger partial charge in [-0.05, 0) is 26.7 Å². The Bertz CT molecular complexity index is 766. The summed E-state index contributed by atoms with van der Waals surface area (Å²) >= 11 is 2.81. The molecule has 0 amide bonds. The fourth-order valence-electron chi connectivity index (χ4n) is 4.10. The number of carbonyl (C=O) groups excluding carboxylic acids is 2. The van der Waals surface area contributed by atoms with Gasteiger partial charge in [-0.25, -0.2) is 4.79 Å². The van der Waals surface area contributed by atoms with Gasteiger partial charge < -0.3 is 9.47 Å². The van der Waals surface area contributed by atoms with E-state index in [1.165, 1.54) is 0 Å². The van der Waals surface area contributed by atoms with E-state index in [1.54, 1.807) is 19.9 Å². The van der Waals surface area contributed by atoms with E-state index in [0.717, 1.165) is 19.3 Å². The lowest BCUT2D eigenvalue weighted by molar-refractivity contribution is -0.149. The molecule has 2 saturated carbocycles. The highest BCUT2D eigenvalue weighted by atomic mass is 79.9. The quantitative estimate of drug-likeness (QED) is 0.470. The second-order valence-electron chi connectivity index (χ2n) is 6.44. The van der Waals surface area contributed by atoms with Gasteiger partial charge >= 0.3 is 11.9 Å². The Morgan fingerprint density at radius 3 is 1.89 bits per heavy atom. The third kappa shape index (κ3) is 3.32. The second-order valence-corrected chi connectivity index (χ2v) is 7.36. The summed E-state index contributed by atoms with van der Waals surface area (Å²) in [5, 5.41) is 36.5. The molecule has 0 aromatic heterocycles. The smallest absolute Gasteiger partial charge is 0.334 e. The molecule has 1 spiro atoms. The summed E-state index contributed by atoms with van der Waals surface area (Å²) in [5.74, 6) is -1.23. The molecule has 9 heteroatoms. The predicted octanol–water partition coefficient (Wildman–Crippen LogP) is 2.89. The normalized spacial score (nSPS) is 23.8. The van der Waals surface area contributed by atoms with Crippen molar-refractivity contribution in [2.24, 2.45) is 16.2 Å². The number of ether oxygens (including phenoxy) is 2. The summed E-state index contributed by atoms with van der Waals surface area (Å²) in [6.45, 7) is 3.79. The number of esters is 2. The Hall–Kier alpha value is -2.62. The zero-order chi connectivity index (χ0) is 21.4. The van der Waals surface area contributed by atoms with Crippen molar-refractivity contribution in [3.63, 3.8) is 0 Å². The maximum absolute atomic E-state index is 12.2. The van der Waals surface area contributed by atoms with Gasteiger partial charge in [-0.1, -0.05) is 35.2 Å². The molecule has 0 saturated heterocycles. The maximum Gasteiger partial charge on any atom is 0.334 e. The average molecular weight is 449 g/mol. The molecule has 2 fully saturated rings. The van der Waals surface area contributed by atoms with Crippen LogP contribution >= 0.6 is 15.9 Å². The summed E-state index contributed by atoms with van der Waals surface area (Å²) < 4.78 is 9.47. The van der Waals surface area contributed by atoms with Gasteiger partial charge in [0, 0.05) is 5.41 Å². The first kappa shape index (κ1) is 23.4. The summed E-state index contributed by atoms with van der Waals surface area (Å²) in [4.78, 5) is 21.9. The highest BCUT2D eigenvalue weighted by molar-refractivity contribution is 9.10. The van der Waals surface area contributed by atoms with Crippen LogP contribution in [0, 0.1) is 61.6 Å². The van der Waals surface area contributed by atoms with Crippen LogP contribution in [0.15, 0.2) is 0 Å². The van der Waals surface area contributed by atoms with Crippen LogP contribution in [0.25, 0.3) is 0 Å². The topological polar surface area (TPSA) is 148 Å². The standard InChI is InChI=1S/C14H15N3O2.C5H6BrNO2/c1-2-19-11(18)14(10-17)12(6-4-3-5-7-12)13(14,8-15)9-16;1-2-9-5(8)4(6)3-7/h2-7H2,1H3;4H,2H2,1H3. The van der Waals surface area contributed by atoms with Crippen molar-refractivity contribution in [2.75, 3.05) is 13.2 Å². The van der Waals surface area contributed by atoms with E-state index in [2.05, 4.69) is 20.7 Å². The van der Waals surface area contributed by atoms with Gasteiger partial charge in [0.25, 0.3) is 0 Å². The van der Waals surface area contributed by atoms with Crippen LogP contribution in [0.1, 0.15) is 46.0 Å². The van der Waals surface area contributed by atoms with E-state index in [4.69, 9.17) is 10.00 Å². The number of alkyl halides is 1. The Morgan fingerprint density at radius 2 is 1.50 bits per heavy atom. The monoisotopic (exact) mass is 448 g/mol. The Labute approximate surface area is 172 Å². The van der Waals surface area contributed by atoms with Crippen LogP contribution in [-0.2, 0) is 19.1 Å². The van der Waals surface area contributed by atoms with Crippen LogP contribution in [-0.4, -0.2) is 30.0 Å². The van der Waals surface area contributed by atoms with Crippen molar-refractivity contribution in [3.8, 4) is 24.3 Å². The molecule has 2 atom stereocenters. The average Bonchev–Trinajstić information content (AvgIpc) is 3.22. The third-order valence-corrected chi connectivity index (χ3v) is 5.91. The zero-order valence-electron chi connectivity index (χ0n) is 15.8. The first-order valence-corrected chi connectivity index (χ1v) is 9.87. The first-order valence-electron chi connectivity index (χ1n) is 8.96. The lowest BCUT2D eigenvalue weighted by atomic mass is 9.78. The summed E-state index contributed by atoms with van der Waals surface area (Å²) in [5.41, 5.74) is -3.97. The number of hydrogen-bond donors (Lipinski definition) is 0. The SMILES string of the molecule is CCOC(=O)C(Br)C#N.CCOC(=O)C1(C#N)C(C#N)(C#N)C12CCCCC2. The molecule has 0 aliphatic heterocycles. The number of carbonyl (C=O) groups is 2. The van der Waals surface area contributed by atoms with Crippen molar-refractivity contribution in [1.82, 2.24) is 0 Å². The highest BCUT2D eigenvalue weighted by Gasteiger charge is 2.93. The van der Waals surface area contributed by atoms with E-state index in [9.17, 15) is 25.4 Å². The molecule has 0 aromatic carbocycles. The number of rotatable bonds is 4. The van der Waals surface area contributed by atoms with E-state index >= 15 is 0 Å². The molecule has 2 unspecified atom stereocenters. The Morgan fingerprint density at radius 1 is 0.964 bits per heavy atom. The van der Waals surface area contributed by atoms with Gasteiger partial charge in [-0.15, -0.1) is 0 Å². The molecule has 2 rings (SSSR count). The number of hydrogen-bond acceptors (Lipinski definition) is 8. The van der Waals surface area contributed by atoms with Crippen LogP contribution in [0.3, 0.4) is 0 Å². The van der Waals surface area contributed by atoms with Crippen LogP contribution in [0.4, 0.5) is 0 Å². The van der Waals surface area contributed by atoms with Gasteiger partial charge in [0.15, 0.2) is 15.7 Å². The van der Waals surface area contributed by atoms with Crippen molar-refractivity contribution in [2.45, 2.75) is 50.8 Å². The molecule has 0 bridgehead atoms. The summed E-state index contributed by atoms with van der Waals surface area (Å²) in [7, 11) is 0. The lowest BCUT2D eigenvalue weighted by Gasteiger charge is -2.23. The van der Waals surface area contributed by atoms with Crippen LogP contribution in [0.2, 0.25) is 0 Å². The number of halogens is 1. The maximum atomic E-state index is 12.2. The van der Waals surface area contributed by atoms with Gasteiger partial charge in [0.05, 0.1) is 37.5 Å². The largest absolute Gasteiger partial charge is 0.465 e. The van der Waals surface area contributed by atoms with Gasteiger partial charge in [-0.3, -0.25) is 4.79 Å². The molecule has 28 heavy (non-hydrogen) atoms. The Balaban J connectivity index is 0.000000370. The van der Waals surface area contributed by atoms with Gasteiger partial charge in [-0.2, -0.15) is 21.0 Å². The molecule has 0 aromatic rings. The van der Waals surface area contributed by atoms with E-state index in [1.807, 2.05) is 18.2 Å². The molecule has 2 aliphatic rings. The first-order chi connectivity index (χ1) is 13.3. The molecule has 0 N–H and O–H groups in total. The van der Waals surface area contributed by atoms with Crippen molar-refractivity contribution < 1.29 is 19.1 Å². The minimum Gasteiger partial charge on any atom is -0.465 e. The fourth-order valence-corrected chi connectivity index (χ4v) is 4.23. The van der Waals surface area contributed by atoms with E-state index in [-0.39, 0.29) is 6.61 Å². The summed E-state index contributed by atoms with van der Waals surface area (Å²) in [6, 6.07) is 7.58. The minimum atomic E-state index is -1.60. The molecule has 148 valence electrons. The van der Waals surface area contributed by atoms with Gasteiger partial charge in [0.2, 0.25) is 0 Å². The highest BCUT2D eigenvalue weighted by Crippen LogP contribution is 2.82.